The lowest BCUT2D eigenvalue weighted by molar-refractivity contribution is 0.375. The molecule has 1 fully saturated rings. The van der Waals surface area contributed by atoms with Crippen LogP contribution in [0.25, 0.3) is 0 Å². The van der Waals surface area contributed by atoms with Crippen molar-refractivity contribution in [3.8, 4) is 0 Å². The van der Waals surface area contributed by atoms with Gasteiger partial charge in [-0.05, 0) is 33.3 Å². The zero-order chi connectivity index (χ0) is 15.3. The number of hydrogen-bond acceptors (Lipinski definition) is 3. The first-order valence-electron chi connectivity index (χ1n) is 7.66. The Morgan fingerprint density at radius 3 is 2.95 bits per heavy atom. The molecule has 5 nitrogen and oxygen atoms in total. The Bertz CT molecular complexity index is 480. The van der Waals surface area contributed by atoms with E-state index in [-0.39, 0.29) is 0 Å². The third-order valence-electron chi connectivity index (χ3n) is 3.41. The molecule has 21 heavy (non-hydrogen) atoms. The Balaban J connectivity index is 1.95. The van der Waals surface area contributed by atoms with Crippen molar-refractivity contribution in [2.45, 2.75) is 39.0 Å². The zero-order valence-corrected chi connectivity index (χ0v) is 14.4. The summed E-state index contributed by atoms with van der Waals surface area (Å²) >= 11 is 2.04. The highest BCUT2D eigenvalue weighted by Crippen LogP contribution is 2.29. The van der Waals surface area contributed by atoms with Gasteiger partial charge in [-0.2, -0.15) is 16.9 Å². The minimum atomic E-state index is 0.299. The number of aliphatic imine (C=N–C) groups is 1. The quantitative estimate of drug-likeness (QED) is 0.682. The van der Waals surface area contributed by atoms with Gasteiger partial charge in [0, 0.05) is 36.3 Å². The fourth-order valence-corrected chi connectivity index (χ4v) is 3.58. The number of thioether (sulfide) groups is 1. The lowest BCUT2D eigenvalue weighted by Gasteiger charge is -2.39. The molecular formula is C15H27N5S. The largest absolute Gasteiger partial charge is 0.357 e. The van der Waals surface area contributed by atoms with Crippen molar-refractivity contribution in [2.75, 3.05) is 31.9 Å². The van der Waals surface area contributed by atoms with Crippen LogP contribution >= 0.6 is 11.8 Å². The smallest absolute Gasteiger partial charge is 0.194 e. The second-order valence-corrected chi connectivity index (χ2v) is 7.85. The Hall–Kier alpha value is -1.17. The molecule has 1 saturated heterocycles. The van der Waals surface area contributed by atoms with Crippen LogP contribution in [0.15, 0.2) is 17.4 Å². The van der Waals surface area contributed by atoms with Crippen LogP contribution in [0.1, 0.15) is 26.3 Å². The van der Waals surface area contributed by atoms with E-state index in [2.05, 4.69) is 49.2 Å². The molecule has 1 aliphatic heterocycles. The highest BCUT2D eigenvalue weighted by atomic mass is 32.2. The summed E-state index contributed by atoms with van der Waals surface area (Å²) in [5.74, 6) is 2.20. The van der Waals surface area contributed by atoms with Gasteiger partial charge in [0.25, 0.3) is 0 Å². The monoisotopic (exact) mass is 309 g/mol. The summed E-state index contributed by atoms with van der Waals surface area (Å²) in [5, 5.41) is 7.72. The van der Waals surface area contributed by atoms with Gasteiger partial charge in [-0.25, -0.2) is 0 Å². The molecule has 0 atom stereocenters. The summed E-state index contributed by atoms with van der Waals surface area (Å²) < 4.78 is 2.26. The van der Waals surface area contributed by atoms with Crippen molar-refractivity contribution in [2.24, 2.45) is 4.99 Å². The first-order valence-corrected chi connectivity index (χ1v) is 8.65. The fourth-order valence-electron chi connectivity index (χ4n) is 2.47. The van der Waals surface area contributed by atoms with Gasteiger partial charge in [0.1, 0.15) is 0 Å². The number of guanidine groups is 1. The summed E-state index contributed by atoms with van der Waals surface area (Å²) in [6.07, 6.45) is 3.95. The van der Waals surface area contributed by atoms with E-state index in [1.54, 1.807) is 0 Å². The molecule has 0 saturated carbocycles. The van der Waals surface area contributed by atoms with E-state index in [4.69, 9.17) is 4.99 Å². The van der Waals surface area contributed by atoms with E-state index < -0.39 is 0 Å². The van der Waals surface area contributed by atoms with Gasteiger partial charge in [-0.3, -0.25) is 9.67 Å². The van der Waals surface area contributed by atoms with Gasteiger partial charge < -0.3 is 10.2 Å². The molecule has 0 unspecified atom stereocenters. The van der Waals surface area contributed by atoms with E-state index in [1.165, 1.54) is 5.56 Å². The number of hydrogen-bond donors (Lipinski definition) is 1. The van der Waals surface area contributed by atoms with Crippen LogP contribution in [0.5, 0.6) is 0 Å². The molecule has 1 aromatic rings. The Labute approximate surface area is 132 Å². The van der Waals surface area contributed by atoms with E-state index >= 15 is 0 Å². The third-order valence-corrected chi connectivity index (χ3v) is 4.71. The van der Waals surface area contributed by atoms with Crippen LogP contribution in [-0.2, 0) is 6.54 Å². The summed E-state index contributed by atoms with van der Waals surface area (Å²) in [6.45, 7) is 13.4. The SMILES string of the molecule is CCNC(=NCCn1cc(C)cn1)N1CCSC(C)(C)C1. The normalized spacial score (nSPS) is 18.9. The predicted octanol–water partition coefficient (Wildman–Crippen LogP) is 1.98. The van der Waals surface area contributed by atoms with Crippen molar-refractivity contribution >= 4 is 17.7 Å². The second-order valence-electron chi connectivity index (χ2n) is 6.05. The summed E-state index contributed by atoms with van der Waals surface area (Å²) in [4.78, 5) is 7.15. The average molecular weight is 309 g/mol. The molecule has 1 aromatic heterocycles. The lowest BCUT2D eigenvalue weighted by atomic mass is 10.2. The highest BCUT2D eigenvalue weighted by molar-refractivity contribution is 8.00. The number of nitrogens with zero attached hydrogens (tertiary/aromatic N) is 4. The van der Waals surface area contributed by atoms with Gasteiger partial charge in [-0.1, -0.05) is 0 Å². The number of aromatic nitrogens is 2. The lowest BCUT2D eigenvalue weighted by Crippen LogP contribution is -2.51. The topological polar surface area (TPSA) is 45.5 Å². The molecule has 1 aliphatic rings. The number of aryl methyl sites for hydroxylation is 1. The average Bonchev–Trinajstić information content (AvgIpc) is 2.82. The maximum Gasteiger partial charge on any atom is 0.194 e. The minimum absolute atomic E-state index is 0.299. The van der Waals surface area contributed by atoms with E-state index in [9.17, 15) is 0 Å². The van der Waals surface area contributed by atoms with Gasteiger partial charge in [-0.15, -0.1) is 0 Å². The van der Waals surface area contributed by atoms with Crippen molar-refractivity contribution in [3.05, 3.63) is 18.0 Å². The number of rotatable bonds is 4. The van der Waals surface area contributed by atoms with Crippen LogP contribution in [0.2, 0.25) is 0 Å². The van der Waals surface area contributed by atoms with E-state index in [1.807, 2.05) is 22.6 Å². The van der Waals surface area contributed by atoms with E-state index in [0.717, 1.165) is 44.4 Å². The van der Waals surface area contributed by atoms with Gasteiger partial charge >= 0.3 is 0 Å². The molecule has 0 aromatic carbocycles. The molecule has 0 aliphatic carbocycles. The third kappa shape index (κ3) is 4.95. The summed E-state index contributed by atoms with van der Waals surface area (Å²) in [6, 6.07) is 0. The first-order chi connectivity index (χ1) is 10.00. The van der Waals surface area contributed by atoms with Crippen molar-refractivity contribution in [1.82, 2.24) is 20.0 Å². The molecular weight excluding hydrogens is 282 g/mol. The minimum Gasteiger partial charge on any atom is -0.357 e. The Morgan fingerprint density at radius 1 is 1.52 bits per heavy atom. The van der Waals surface area contributed by atoms with Gasteiger partial charge in [0.2, 0.25) is 0 Å². The molecule has 118 valence electrons. The van der Waals surface area contributed by atoms with Crippen LogP contribution in [-0.4, -0.2) is 57.3 Å². The molecule has 6 heteroatoms. The fraction of sp³-hybridized carbons (Fsp3) is 0.733. The predicted molar refractivity (Wildman–Crippen MR) is 91.1 cm³/mol. The van der Waals surface area contributed by atoms with Crippen LogP contribution in [0, 0.1) is 6.92 Å². The summed E-state index contributed by atoms with van der Waals surface area (Å²) in [5.41, 5.74) is 1.20. The molecule has 0 spiro atoms. The zero-order valence-electron chi connectivity index (χ0n) is 13.6. The second kappa shape index (κ2) is 7.20. The molecule has 0 radical (unpaired) electrons. The van der Waals surface area contributed by atoms with Gasteiger partial charge in [0.15, 0.2) is 5.96 Å². The summed E-state index contributed by atoms with van der Waals surface area (Å²) in [7, 11) is 0. The van der Waals surface area contributed by atoms with Crippen molar-refractivity contribution in [1.29, 1.82) is 0 Å². The molecule has 1 N–H and O–H groups in total. The first kappa shape index (κ1) is 16.2. The molecule has 2 rings (SSSR count). The maximum absolute atomic E-state index is 4.77. The molecule has 2 heterocycles. The van der Waals surface area contributed by atoms with Gasteiger partial charge in [0.05, 0.1) is 19.3 Å². The molecule has 0 bridgehead atoms. The standard InChI is InChI=1S/C15H27N5S/c1-5-16-14(19-8-9-21-15(3,4)12-19)17-6-7-20-11-13(2)10-18-20/h10-11H,5-9,12H2,1-4H3,(H,16,17). The highest BCUT2D eigenvalue weighted by Gasteiger charge is 2.28. The van der Waals surface area contributed by atoms with Crippen molar-refractivity contribution in [3.63, 3.8) is 0 Å². The van der Waals surface area contributed by atoms with Crippen LogP contribution in [0.3, 0.4) is 0 Å². The Morgan fingerprint density at radius 2 is 2.33 bits per heavy atom. The van der Waals surface area contributed by atoms with Crippen molar-refractivity contribution < 1.29 is 0 Å². The Kier molecular flexibility index (Phi) is 5.56. The van der Waals surface area contributed by atoms with E-state index in [0.29, 0.717) is 4.75 Å². The maximum atomic E-state index is 4.77. The van der Waals surface area contributed by atoms with Crippen LogP contribution < -0.4 is 5.32 Å². The molecule has 0 amide bonds. The number of nitrogens with one attached hydrogen (secondary N) is 1. The van der Waals surface area contributed by atoms with Crippen LogP contribution in [0.4, 0.5) is 0 Å².